The molecular weight excluding hydrogens is 494 g/mol. The number of hydrogen-bond donors (Lipinski definition) is 7. The Labute approximate surface area is 217 Å². The molecule has 0 bridgehead atoms. The molecule has 14 heteroatoms. The second kappa shape index (κ2) is 13.2. The SMILES string of the molecule is NC(=O)NCc1ccc(CNC(=O)[C@@H](CCCNC(N)=N[N+](=O)[O-])NC(=O)c2ccc3[nH]ccc3c2)cc1. The maximum Gasteiger partial charge on any atom is 0.312 e. The quantitative estimate of drug-likeness (QED) is 0.0589. The van der Waals surface area contributed by atoms with E-state index in [1.54, 1.807) is 48.7 Å². The van der Waals surface area contributed by atoms with Gasteiger partial charge in [0.15, 0.2) is 5.03 Å². The molecule has 2 aromatic carbocycles. The topological polar surface area (TPSA) is 223 Å². The van der Waals surface area contributed by atoms with Crippen molar-refractivity contribution in [2.45, 2.75) is 32.0 Å². The first-order valence-electron chi connectivity index (χ1n) is 11.7. The number of aromatic nitrogens is 1. The van der Waals surface area contributed by atoms with Gasteiger partial charge in [-0.15, -0.1) is 0 Å². The number of nitrogens with one attached hydrogen (secondary N) is 5. The summed E-state index contributed by atoms with van der Waals surface area (Å²) in [6, 6.07) is 12.7. The lowest BCUT2D eigenvalue weighted by Crippen LogP contribution is -2.47. The number of aromatic amines is 1. The Morgan fingerprint density at radius 2 is 1.66 bits per heavy atom. The first kappa shape index (κ1) is 27.4. The fraction of sp³-hybridized carbons (Fsp3) is 0.250. The van der Waals surface area contributed by atoms with Gasteiger partial charge in [0.25, 0.3) is 11.9 Å². The molecular formula is C24H29N9O5. The molecule has 14 nitrogen and oxygen atoms in total. The number of primary amides is 1. The standard InChI is InChI=1S/C24H29N9O5/c25-23(32-33(37)38)28-10-1-2-20(31-21(34)18-7-8-19-17(12-18)9-11-27-19)22(35)29-13-15-3-5-16(6-4-15)14-30-24(26)36/h3-9,11-12,20,27H,1-2,10,13-14H2,(H,29,35)(H,31,34)(H3,25,28,32)(H3,26,30,36)/t20-/m1/s1. The molecule has 0 saturated carbocycles. The lowest BCUT2D eigenvalue weighted by atomic mass is 10.1. The summed E-state index contributed by atoms with van der Waals surface area (Å²) in [6.07, 6.45) is 2.37. The maximum absolute atomic E-state index is 13.0. The van der Waals surface area contributed by atoms with Gasteiger partial charge in [-0.2, -0.15) is 0 Å². The number of urea groups is 1. The van der Waals surface area contributed by atoms with Crippen molar-refractivity contribution < 1.29 is 19.4 Å². The van der Waals surface area contributed by atoms with Crippen LogP contribution in [0.3, 0.4) is 0 Å². The molecule has 1 atom stereocenters. The highest BCUT2D eigenvalue weighted by atomic mass is 16.7. The van der Waals surface area contributed by atoms with Crippen LogP contribution >= 0.6 is 0 Å². The first-order chi connectivity index (χ1) is 18.2. The molecule has 4 amide bonds. The fourth-order valence-corrected chi connectivity index (χ4v) is 3.63. The van der Waals surface area contributed by atoms with Gasteiger partial charge in [0, 0.05) is 42.3 Å². The van der Waals surface area contributed by atoms with E-state index in [1.807, 2.05) is 6.07 Å². The van der Waals surface area contributed by atoms with Crippen molar-refractivity contribution in [2.24, 2.45) is 16.6 Å². The van der Waals surface area contributed by atoms with Crippen molar-refractivity contribution in [3.05, 3.63) is 81.5 Å². The molecule has 38 heavy (non-hydrogen) atoms. The van der Waals surface area contributed by atoms with E-state index < -0.39 is 28.9 Å². The Morgan fingerprint density at radius 3 is 2.32 bits per heavy atom. The van der Waals surface area contributed by atoms with Gasteiger partial charge in [-0.1, -0.05) is 24.3 Å². The number of hydrogen-bond acceptors (Lipinski definition) is 5. The van der Waals surface area contributed by atoms with Crippen LogP contribution in [0.5, 0.6) is 0 Å². The fourth-order valence-electron chi connectivity index (χ4n) is 3.63. The van der Waals surface area contributed by atoms with Gasteiger partial charge in [-0.05, 0) is 48.2 Å². The van der Waals surface area contributed by atoms with Crippen LogP contribution in [-0.2, 0) is 17.9 Å². The number of nitrogens with two attached hydrogens (primary N) is 2. The molecule has 200 valence electrons. The van der Waals surface area contributed by atoms with Gasteiger partial charge in [-0.25, -0.2) is 14.9 Å². The monoisotopic (exact) mass is 523 g/mol. The lowest BCUT2D eigenvalue weighted by molar-refractivity contribution is -0.485. The molecule has 9 N–H and O–H groups in total. The Hall–Kier alpha value is -5.14. The smallest absolute Gasteiger partial charge is 0.312 e. The molecule has 1 heterocycles. The number of nitrogens with zero attached hydrogens (tertiary/aromatic N) is 2. The van der Waals surface area contributed by atoms with Crippen molar-refractivity contribution in [1.82, 2.24) is 26.3 Å². The molecule has 3 aromatic rings. The van der Waals surface area contributed by atoms with E-state index in [0.717, 1.165) is 22.0 Å². The van der Waals surface area contributed by atoms with Crippen molar-refractivity contribution in [1.29, 1.82) is 0 Å². The number of fused-ring (bicyclic) bond motifs is 1. The van der Waals surface area contributed by atoms with Crippen molar-refractivity contribution >= 4 is 34.7 Å². The van der Waals surface area contributed by atoms with Crippen LogP contribution in [0.1, 0.15) is 34.3 Å². The maximum atomic E-state index is 13.0. The molecule has 1 aromatic heterocycles. The van der Waals surface area contributed by atoms with E-state index in [4.69, 9.17) is 11.5 Å². The molecule has 0 aliphatic heterocycles. The number of H-pyrrole nitrogens is 1. The Kier molecular flexibility index (Phi) is 9.57. The third kappa shape index (κ3) is 8.51. The average Bonchev–Trinajstić information content (AvgIpc) is 3.36. The number of guanidine groups is 1. The van der Waals surface area contributed by atoms with Crippen molar-refractivity contribution in [2.75, 3.05) is 6.54 Å². The van der Waals surface area contributed by atoms with Crippen LogP contribution < -0.4 is 32.7 Å². The van der Waals surface area contributed by atoms with E-state index >= 15 is 0 Å². The van der Waals surface area contributed by atoms with E-state index in [-0.39, 0.29) is 32.0 Å². The highest BCUT2D eigenvalue weighted by Crippen LogP contribution is 2.14. The summed E-state index contributed by atoms with van der Waals surface area (Å²) in [6.45, 7) is 0.708. The Balaban J connectivity index is 1.61. The number of hydrazone groups is 1. The van der Waals surface area contributed by atoms with Crippen LogP contribution in [0.15, 0.2) is 59.8 Å². The number of benzene rings is 2. The zero-order valence-corrected chi connectivity index (χ0v) is 20.4. The summed E-state index contributed by atoms with van der Waals surface area (Å²) in [5.41, 5.74) is 13.4. The minimum atomic E-state index is -0.916. The third-order valence-electron chi connectivity index (χ3n) is 5.56. The predicted molar refractivity (Wildman–Crippen MR) is 140 cm³/mol. The minimum Gasteiger partial charge on any atom is -0.365 e. The van der Waals surface area contributed by atoms with E-state index in [2.05, 4.69) is 31.4 Å². The highest BCUT2D eigenvalue weighted by Gasteiger charge is 2.21. The molecule has 0 unspecified atom stereocenters. The largest absolute Gasteiger partial charge is 0.365 e. The Morgan fingerprint density at radius 1 is 0.974 bits per heavy atom. The Bertz CT molecular complexity index is 1320. The van der Waals surface area contributed by atoms with Crippen LogP contribution in [0.2, 0.25) is 0 Å². The second-order valence-corrected chi connectivity index (χ2v) is 8.35. The number of nitro groups is 1. The van der Waals surface area contributed by atoms with Gasteiger partial charge < -0.3 is 37.7 Å². The summed E-state index contributed by atoms with van der Waals surface area (Å²) in [5.74, 6) is -1.16. The van der Waals surface area contributed by atoms with Gasteiger partial charge in [0.1, 0.15) is 11.1 Å². The van der Waals surface area contributed by atoms with Crippen molar-refractivity contribution in [3.8, 4) is 0 Å². The molecule has 0 saturated heterocycles. The molecule has 3 rings (SSSR count). The normalized spacial score (nSPS) is 11.9. The lowest BCUT2D eigenvalue weighted by Gasteiger charge is -2.19. The molecule has 0 aliphatic carbocycles. The summed E-state index contributed by atoms with van der Waals surface area (Å²) in [5, 5.41) is 24.0. The molecule has 0 fully saturated rings. The summed E-state index contributed by atoms with van der Waals surface area (Å²) < 4.78 is 0. The zero-order valence-electron chi connectivity index (χ0n) is 20.4. The zero-order chi connectivity index (χ0) is 27.5. The van der Waals surface area contributed by atoms with E-state index in [9.17, 15) is 24.5 Å². The van der Waals surface area contributed by atoms with E-state index in [0.29, 0.717) is 12.0 Å². The van der Waals surface area contributed by atoms with Crippen LogP contribution in [0.4, 0.5) is 4.79 Å². The predicted octanol–water partition coefficient (Wildman–Crippen LogP) is 0.627. The summed E-state index contributed by atoms with van der Waals surface area (Å²) >= 11 is 0. The molecule has 0 spiro atoms. The van der Waals surface area contributed by atoms with Gasteiger partial charge in [0.05, 0.1) is 0 Å². The van der Waals surface area contributed by atoms with Crippen LogP contribution in [0, 0.1) is 10.1 Å². The molecule has 0 aliphatic rings. The molecule has 0 radical (unpaired) electrons. The first-order valence-corrected chi connectivity index (χ1v) is 11.7. The number of amides is 4. The van der Waals surface area contributed by atoms with Gasteiger partial charge >= 0.3 is 6.03 Å². The van der Waals surface area contributed by atoms with Gasteiger partial charge in [-0.3, -0.25) is 9.59 Å². The number of rotatable bonds is 12. The third-order valence-corrected chi connectivity index (χ3v) is 5.56. The average molecular weight is 524 g/mol. The highest BCUT2D eigenvalue weighted by molar-refractivity contribution is 6.00. The summed E-state index contributed by atoms with van der Waals surface area (Å²) in [7, 11) is 0. The van der Waals surface area contributed by atoms with Crippen LogP contribution in [-0.4, -0.2) is 46.4 Å². The van der Waals surface area contributed by atoms with Crippen molar-refractivity contribution in [3.63, 3.8) is 0 Å². The summed E-state index contributed by atoms with van der Waals surface area (Å²) in [4.78, 5) is 50.3. The second-order valence-electron chi connectivity index (χ2n) is 8.35. The minimum absolute atomic E-state index is 0.207. The van der Waals surface area contributed by atoms with Crippen LogP contribution in [0.25, 0.3) is 10.9 Å². The number of carbonyl (C=O) groups is 3. The van der Waals surface area contributed by atoms with E-state index in [1.165, 1.54) is 0 Å². The number of carbonyl (C=O) groups excluding carboxylic acids is 3. The van der Waals surface area contributed by atoms with Gasteiger partial charge in [0.2, 0.25) is 5.91 Å².